The predicted molar refractivity (Wildman–Crippen MR) is 90.2 cm³/mol. The maximum absolute atomic E-state index is 12.1. The summed E-state index contributed by atoms with van der Waals surface area (Å²) in [5.74, 6) is -0.152. The third kappa shape index (κ3) is 3.41. The summed E-state index contributed by atoms with van der Waals surface area (Å²) >= 11 is 0. The zero-order valence-corrected chi connectivity index (χ0v) is 12.9. The number of nitrogens with zero attached hydrogens (tertiary/aromatic N) is 1. The van der Waals surface area contributed by atoms with Crippen molar-refractivity contribution in [2.75, 3.05) is 6.54 Å². The molecule has 0 bridgehead atoms. The van der Waals surface area contributed by atoms with E-state index in [0.717, 1.165) is 17.6 Å². The van der Waals surface area contributed by atoms with E-state index in [4.69, 9.17) is 5.26 Å². The quantitative estimate of drug-likeness (QED) is 0.776. The van der Waals surface area contributed by atoms with Gasteiger partial charge in [-0.3, -0.25) is 4.79 Å². The number of nitrogens with one attached hydrogen (secondary N) is 2. The number of carbonyl (C=O) groups is 1. The monoisotopic (exact) mass is 303 g/mol. The number of rotatable bonds is 4. The number of aromatic amines is 1. The van der Waals surface area contributed by atoms with Gasteiger partial charge in [0.2, 0.25) is 0 Å². The van der Waals surface area contributed by atoms with Crippen molar-refractivity contribution >= 4 is 16.8 Å². The molecule has 3 rings (SSSR count). The first-order chi connectivity index (χ1) is 11.2. The minimum atomic E-state index is -0.152. The number of fused-ring (bicyclic) bond motifs is 1. The van der Waals surface area contributed by atoms with Crippen molar-refractivity contribution in [1.29, 1.82) is 5.26 Å². The highest BCUT2D eigenvalue weighted by Crippen LogP contribution is 2.17. The van der Waals surface area contributed by atoms with Gasteiger partial charge in [-0.2, -0.15) is 5.26 Å². The average molecular weight is 303 g/mol. The fraction of sp³-hybridized carbons (Fsp3) is 0.158. The maximum Gasteiger partial charge on any atom is 0.251 e. The van der Waals surface area contributed by atoms with Crippen LogP contribution in [0.4, 0.5) is 0 Å². The molecule has 4 nitrogen and oxygen atoms in total. The van der Waals surface area contributed by atoms with Gasteiger partial charge in [-0.1, -0.05) is 12.1 Å². The summed E-state index contributed by atoms with van der Waals surface area (Å²) in [6, 6.07) is 17.1. The molecule has 4 heteroatoms. The Morgan fingerprint density at radius 3 is 2.91 bits per heavy atom. The van der Waals surface area contributed by atoms with Crippen molar-refractivity contribution in [3.05, 3.63) is 70.9 Å². The Morgan fingerprint density at radius 1 is 1.22 bits per heavy atom. The molecule has 0 unspecified atom stereocenters. The molecule has 3 aromatic rings. The van der Waals surface area contributed by atoms with Crippen LogP contribution in [0.2, 0.25) is 0 Å². The van der Waals surface area contributed by atoms with E-state index in [1.807, 2.05) is 13.0 Å². The largest absolute Gasteiger partial charge is 0.359 e. The van der Waals surface area contributed by atoms with Crippen LogP contribution in [0.5, 0.6) is 0 Å². The molecule has 0 aliphatic carbocycles. The highest BCUT2D eigenvalue weighted by atomic mass is 16.1. The summed E-state index contributed by atoms with van der Waals surface area (Å²) in [7, 11) is 0. The van der Waals surface area contributed by atoms with E-state index in [9.17, 15) is 4.79 Å². The van der Waals surface area contributed by atoms with Crippen LogP contribution in [0.15, 0.2) is 48.5 Å². The van der Waals surface area contributed by atoms with E-state index >= 15 is 0 Å². The van der Waals surface area contributed by atoms with Gasteiger partial charge in [0.25, 0.3) is 5.91 Å². The van der Waals surface area contributed by atoms with Gasteiger partial charge < -0.3 is 10.3 Å². The number of amides is 1. The smallest absolute Gasteiger partial charge is 0.251 e. The molecule has 0 atom stereocenters. The zero-order chi connectivity index (χ0) is 16.2. The summed E-state index contributed by atoms with van der Waals surface area (Å²) in [5.41, 5.74) is 4.46. The molecule has 1 aromatic heterocycles. The van der Waals surface area contributed by atoms with E-state index in [1.54, 1.807) is 24.3 Å². The fourth-order valence-corrected chi connectivity index (χ4v) is 2.64. The first kappa shape index (κ1) is 14.9. The molecule has 0 aliphatic heterocycles. The van der Waals surface area contributed by atoms with E-state index in [-0.39, 0.29) is 5.91 Å². The standard InChI is InChI=1S/C19H17N3O/c1-13-9-17-10-14(5-6-18(17)22-13)7-8-21-19(23)16-4-2-3-15(11-16)12-20/h2-6,9-11,22H,7-8H2,1H3,(H,21,23). The lowest BCUT2D eigenvalue weighted by molar-refractivity contribution is 0.0954. The molecule has 23 heavy (non-hydrogen) atoms. The number of H-pyrrole nitrogens is 1. The van der Waals surface area contributed by atoms with Crippen LogP contribution >= 0.6 is 0 Å². The van der Waals surface area contributed by atoms with Crippen molar-refractivity contribution in [3.8, 4) is 6.07 Å². The highest BCUT2D eigenvalue weighted by molar-refractivity contribution is 5.94. The zero-order valence-electron chi connectivity index (χ0n) is 12.9. The molecule has 114 valence electrons. The Kier molecular flexibility index (Phi) is 4.11. The Labute approximate surface area is 134 Å². The Balaban J connectivity index is 1.61. The topological polar surface area (TPSA) is 68.7 Å². The van der Waals surface area contributed by atoms with E-state index in [1.165, 1.54) is 10.9 Å². The number of aryl methyl sites for hydroxylation is 1. The number of nitriles is 1. The van der Waals surface area contributed by atoms with Crippen LogP contribution in [0.3, 0.4) is 0 Å². The lowest BCUT2D eigenvalue weighted by atomic mass is 10.1. The second-order valence-electron chi connectivity index (χ2n) is 5.57. The molecule has 0 spiro atoms. The number of aromatic nitrogens is 1. The van der Waals surface area contributed by atoms with Crippen molar-refractivity contribution in [2.45, 2.75) is 13.3 Å². The summed E-state index contributed by atoms with van der Waals surface area (Å²) in [6.07, 6.45) is 0.768. The Morgan fingerprint density at radius 2 is 2.09 bits per heavy atom. The molecule has 1 amide bonds. The van der Waals surface area contributed by atoms with Gasteiger partial charge in [-0.05, 0) is 60.7 Å². The third-order valence-corrected chi connectivity index (χ3v) is 3.77. The number of benzene rings is 2. The number of hydrogen-bond donors (Lipinski definition) is 2. The number of carbonyl (C=O) groups excluding carboxylic acids is 1. The summed E-state index contributed by atoms with van der Waals surface area (Å²) in [4.78, 5) is 15.4. The lowest BCUT2D eigenvalue weighted by Crippen LogP contribution is -2.25. The van der Waals surface area contributed by atoms with Crippen LogP contribution in [0.1, 0.15) is 27.2 Å². The molecule has 1 heterocycles. The molecule has 0 radical (unpaired) electrons. The lowest BCUT2D eigenvalue weighted by Gasteiger charge is -2.06. The van der Waals surface area contributed by atoms with Gasteiger partial charge >= 0.3 is 0 Å². The summed E-state index contributed by atoms with van der Waals surface area (Å²) in [6.45, 7) is 2.60. The van der Waals surface area contributed by atoms with Gasteiger partial charge in [0.1, 0.15) is 0 Å². The van der Waals surface area contributed by atoms with Gasteiger partial charge in [0, 0.05) is 23.3 Å². The van der Waals surface area contributed by atoms with Gasteiger partial charge in [0.05, 0.1) is 11.6 Å². The molecule has 0 aliphatic rings. The second kappa shape index (κ2) is 6.37. The molecule has 2 N–H and O–H groups in total. The molecule has 2 aromatic carbocycles. The van der Waals surface area contributed by atoms with Crippen molar-refractivity contribution in [1.82, 2.24) is 10.3 Å². The molecular weight excluding hydrogens is 286 g/mol. The van der Waals surface area contributed by atoms with Crippen LogP contribution in [0.25, 0.3) is 10.9 Å². The summed E-state index contributed by atoms with van der Waals surface area (Å²) in [5, 5.41) is 13.0. The summed E-state index contributed by atoms with van der Waals surface area (Å²) < 4.78 is 0. The SMILES string of the molecule is Cc1cc2cc(CCNC(=O)c3cccc(C#N)c3)ccc2[nH]1. The Hall–Kier alpha value is -3.06. The fourth-order valence-electron chi connectivity index (χ4n) is 2.64. The van der Waals surface area contributed by atoms with Gasteiger partial charge in [-0.25, -0.2) is 0 Å². The van der Waals surface area contributed by atoms with E-state index in [2.05, 4.69) is 34.6 Å². The molecule has 0 saturated heterocycles. The molecule has 0 fully saturated rings. The first-order valence-corrected chi connectivity index (χ1v) is 7.52. The van der Waals surface area contributed by atoms with Crippen molar-refractivity contribution < 1.29 is 4.79 Å². The van der Waals surface area contributed by atoms with Crippen LogP contribution in [0, 0.1) is 18.3 Å². The first-order valence-electron chi connectivity index (χ1n) is 7.52. The minimum absolute atomic E-state index is 0.152. The van der Waals surface area contributed by atoms with E-state index in [0.29, 0.717) is 17.7 Å². The maximum atomic E-state index is 12.1. The predicted octanol–water partition coefficient (Wildman–Crippen LogP) is 3.32. The van der Waals surface area contributed by atoms with Gasteiger partial charge in [-0.15, -0.1) is 0 Å². The Bertz CT molecular complexity index is 902. The number of hydrogen-bond acceptors (Lipinski definition) is 2. The highest BCUT2D eigenvalue weighted by Gasteiger charge is 2.06. The van der Waals surface area contributed by atoms with Crippen LogP contribution < -0.4 is 5.32 Å². The molecule has 0 saturated carbocycles. The normalized spacial score (nSPS) is 10.4. The van der Waals surface area contributed by atoms with E-state index < -0.39 is 0 Å². The van der Waals surface area contributed by atoms with Crippen LogP contribution in [-0.4, -0.2) is 17.4 Å². The van der Waals surface area contributed by atoms with Crippen LogP contribution in [-0.2, 0) is 6.42 Å². The average Bonchev–Trinajstić information content (AvgIpc) is 2.94. The second-order valence-corrected chi connectivity index (χ2v) is 5.57. The van der Waals surface area contributed by atoms with Gasteiger partial charge in [0.15, 0.2) is 0 Å². The van der Waals surface area contributed by atoms with Crippen molar-refractivity contribution in [2.24, 2.45) is 0 Å². The minimum Gasteiger partial charge on any atom is -0.359 e. The molecular formula is C19H17N3O. The third-order valence-electron chi connectivity index (χ3n) is 3.77. The van der Waals surface area contributed by atoms with Crippen molar-refractivity contribution in [3.63, 3.8) is 0 Å².